The van der Waals surface area contributed by atoms with E-state index >= 15 is 0 Å². The minimum atomic E-state index is 0.394. The van der Waals surface area contributed by atoms with Gasteiger partial charge in [-0.15, -0.1) is 0 Å². The highest BCUT2D eigenvalue weighted by molar-refractivity contribution is 6.31. The van der Waals surface area contributed by atoms with Crippen LogP contribution >= 0.6 is 11.6 Å². The Labute approximate surface area is 97.8 Å². The fourth-order valence-electron chi connectivity index (χ4n) is 1.68. The predicted octanol–water partition coefficient (Wildman–Crippen LogP) is 4.18. The van der Waals surface area contributed by atoms with Crippen molar-refractivity contribution in [3.05, 3.63) is 34.9 Å². The number of rotatable bonds is 6. The van der Waals surface area contributed by atoms with Crippen LogP contribution in [0.1, 0.15) is 44.7 Å². The fraction of sp³-hybridized carbons (Fsp3) is 0.538. The lowest BCUT2D eigenvalue weighted by atomic mass is 10.0. The Kier molecular flexibility index (Phi) is 5.74. The summed E-state index contributed by atoms with van der Waals surface area (Å²) in [5, 5.41) is 4.41. The molecule has 1 rings (SSSR count). The first-order chi connectivity index (χ1) is 7.29. The first-order valence-electron chi connectivity index (χ1n) is 5.77. The molecule has 0 aliphatic carbocycles. The minimum absolute atomic E-state index is 0.394. The summed E-state index contributed by atoms with van der Waals surface area (Å²) in [6.07, 6.45) is 3.53. The van der Waals surface area contributed by atoms with E-state index in [1.165, 1.54) is 18.4 Å². The molecule has 84 valence electrons. The Morgan fingerprint density at radius 2 is 2.00 bits per heavy atom. The average molecular weight is 226 g/mol. The standard InChI is InChI=1S/C13H20ClN/c1-3-5-10-15-13(4-2)11-8-6-7-9-12(11)14/h6-9,13,15H,3-5,10H2,1-2H3. The van der Waals surface area contributed by atoms with Crippen molar-refractivity contribution in [2.75, 3.05) is 6.54 Å². The second-order valence-corrected chi connectivity index (χ2v) is 4.20. The Morgan fingerprint density at radius 3 is 2.60 bits per heavy atom. The van der Waals surface area contributed by atoms with Crippen LogP contribution in [-0.2, 0) is 0 Å². The van der Waals surface area contributed by atoms with Gasteiger partial charge in [-0.2, -0.15) is 0 Å². The molecule has 0 amide bonds. The van der Waals surface area contributed by atoms with Gasteiger partial charge in [0.2, 0.25) is 0 Å². The maximum Gasteiger partial charge on any atom is 0.0453 e. The summed E-state index contributed by atoms with van der Waals surface area (Å²) in [7, 11) is 0. The Bertz CT molecular complexity index is 286. The van der Waals surface area contributed by atoms with E-state index in [1.54, 1.807) is 0 Å². The van der Waals surface area contributed by atoms with E-state index in [0.29, 0.717) is 6.04 Å². The van der Waals surface area contributed by atoms with Crippen molar-refractivity contribution in [3.63, 3.8) is 0 Å². The van der Waals surface area contributed by atoms with Crippen molar-refractivity contribution < 1.29 is 0 Å². The molecule has 0 saturated heterocycles. The van der Waals surface area contributed by atoms with Gasteiger partial charge in [-0.05, 0) is 31.0 Å². The van der Waals surface area contributed by atoms with Gasteiger partial charge in [0.25, 0.3) is 0 Å². The monoisotopic (exact) mass is 225 g/mol. The number of nitrogens with one attached hydrogen (secondary N) is 1. The molecule has 1 unspecified atom stereocenters. The van der Waals surface area contributed by atoms with Crippen LogP contribution in [-0.4, -0.2) is 6.54 Å². The average Bonchev–Trinajstić information content (AvgIpc) is 2.26. The molecule has 0 saturated carbocycles. The van der Waals surface area contributed by atoms with E-state index in [1.807, 2.05) is 18.2 Å². The van der Waals surface area contributed by atoms with Gasteiger partial charge in [0, 0.05) is 11.1 Å². The number of hydrogen-bond donors (Lipinski definition) is 1. The fourth-order valence-corrected chi connectivity index (χ4v) is 1.95. The molecule has 15 heavy (non-hydrogen) atoms. The predicted molar refractivity (Wildman–Crippen MR) is 67.4 cm³/mol. The van der Waals surface area contributed by atoms with E-state index in [0.717, 1.165) is 18.0 Å². The molecule has 0 aromatic heterocycles. The third-order valence-electron chi connectivity index (χ3n) is 2.61. The lowest BCUT2D eigenvalue weighted by Gasteiger charge is -2.18. The lowest BCUT2D eigenvalue weighted by Crippen LogP contribution is -2.22. The summed E-state index contributed by atoms with van der Waals surface area (Å²) in [5.74, 6) is 0. The molecule has 2 heteroatoms. The van der Waals surface area contributed by atoms with Gasteiger partial charge >= 0.3 is 0 Å². The highest BCUT2D eigenvalue weighted by atomic mass is 35.5. The second-order valence-electron chi connectivity index (χ2n) is 3.79. The number of halogens is 1. The van der Waals surface area contributed by atoms with E-state index in [4.69, 9.17) is 11.6 Å². The minimum Gasteiger partial charge on any atom is -0.310 e. The molecule has 0 spiro atoms. The molecule has 0 aliphatic heterocycles. The van der Waals surface area contributed by atoms with Gasteiger partial charge in [0.1, 0.15) is 0 Å². The first-order valence-corrected chi connectivity index (χ1v) is 6.15. The van der Waals surface area contributed by atoms with Gasteiger partial charge in [-0.25, -0.2) is 0 Å². The van der Waals surface area contributed by atoms with Crippen LogP contribution in [0.5, 0.6) is 0 Å². The molecular weight excluding hydrogens is 206 g/mol. The molecule has 1 nitrogen and oxygen atoms in total. The quantitative estimate of drug-likeness (QED) is 0.717. The molecule has 1 aromatic rings. The number of hydrogen-bond acceptors (Lipinski definition) is 1. The lowest BCUT2D eigenvalue weighted by molar-refractivity contribution is 0.508. The molecule has 0 heterocycles. The van der Waals surface area contributed by atoms with Crippen molar-refractivity contribution in [2.45, 2.75) is 39.2 Å². The van der Waals surface area contributed by atoms with E-state index < -0.39 is 0 Å². The zero-order chi connectivity index (χ0) is 11.1. The van der Waals surface area contributed by atoms with Gasteiger partial charge in [-0.3, -0.25) is 0 Å². The summed E-state index contributed by atoms with van der Waals surface area (Å²) in [6, 6.07) is 8.48. The third-order valence-corrected chi connectivity index (χ3v) is 2.95. The molecule has 1 atom stereocenters. The highest BCUT2D eigenvalue weighted by Crippen LogP contribution is 2.24. The zero-order valence-corrected chi connectivity index (χ0v) is 10.3. The van der Waals surface area contributed by atoms with Crippen molar-refractivity contribution in [3.8, 4) is 0 Å². The third kappa shape index (κ3) is 3.84. The van der Waals surface area contributed by atoms with Crippen molar-refractivity contribution in [1.82, 2.24) is 5.32 Å². The van der Waals surface area contributed by atoms with Crippen molar-refractivity contribution in [1.29, 1.82) is 0 Å². The number of benzene rings is 1. The smallest absolute Gasteiger partial charge is 0.0453 e. The molecule has 0 fully saturated rings. The summed E-state index contributed by atoms with van der Waals surface area (Å²) >= 11 is 6.17. The summed E-state index contributed by atoms with van der Waals surface area (Å²) in [5.41, 5.74) is 1.22. The zero-order valence-electron chi connectivity index (χ0n) is 9.59. The van der Waals surface area contributed by atoms with Crippen LogP contribution in [0.15, 0.2) is 24.3 Å². The molecule has 0 radical (unpaired) electrons. The van der Waals surface area contributed by atoms with Crippen molar-refractivity contribution >= 4 is 11.6 Å². The highest BCUT2D eigenvalue weighted by Gasteiger charge is 2.10. The number of unbranched alkanes of at least 4 members (excludes halogenated alkanes) is 1. The van der Waals surface area contributed by atoms with Crippen LogP contribution in [0.4, 0.5) is 0 Å². The summed E-state index contributed by atoms with van der Waals surface area (Å²) in [4.78, 5) is 0. The summed E-state index contributed by atoms with van der Waals surface area (Å²) < 4.78 is 0. The van der Waals surface area contributed by atoms with Gasteiger partial charge in [0.05, 0.1) is 0 Å². The van der Waals surface area contributed by atoms with Crippen LogP contribution in [0, 0.1) is 0 Å². The Hall–Kier alpha value is -0.530. The summed E-state index contributed by atoms with van der Waals surface area (Å²) in [6.45, 7) is 5.46. The topological polar surface area (TPSA) is 12.0 Å². The van der Waals surface area contributed by atoms with E-state index in [2.05, 4.69) is 25.2 Å². The normalized spacial score (nSPS) is 12.7. The SMILES string of the molecule is CCCCNC(CC)c1ccccc1Cl. The molecule has 0 bridgehead atoms. The molecular formula is C13H20ClN. The van der Waals surface area contributed by atoms with Crippen LogP contribution in [0.25, 0.3) is 0 Å². The maximum atomic E-state index is 6.17. The van der Waals surface area contributed by atoms with E-state index in [-0.39, 0.29) is 0 Å². The largest absolute Gasteiger partial charge is 0.310 e. The molecule has 1 aromatic carbocycles. The maximum absolute atomic E-state index is 6.17. The van der Waals surface area contributed by atoms with Gasteiger partial charge in [0.15, 0.2) is 0 Å². The Morgan fingerprint density at radius 1 is 1.27 bits per heavy atom. The van der Waals surface area contributed by atoms with Crippen LogP contribution in [0.3, 0.4) is 0 Å². The second kappa shape index (κ2) is 6.86. The molecule has 1 N–H and O–H groups in total. The van der Waals surface area contributed by atoms with Gasteiger partial charge in [-0.1, -0.05) is 50.1 Å². The van der Waals surface area contributed by atoms with Gasteiger partial charge < -0.3 is 5.32 Å². The van der Waals surface area contributed by atoms with Crippen LogP contribution < -0.4 is 5.32 Å². The van der Waals surface area contributed by atoms with E-state index in [9.17, 15) is 0 Å². The molecule has 0 aliphatic rings. The van der Waals surface area contributed by atoms with Crippen molar-refractivity contribution in [2.24, 2.45) is 0 Å². The van der Waals surface area contributed by atoms with Crippen LogP contribution in [0.2, 0.25) is 5.02 Å². The first kappa shape index (κ1) is 12.5. The Balaban J connectivity index is 2.61.